The Balaban J connectivity index is 2.75. The Morgan fingerprint density at radius 3 is 2.58 bits per heavy atom. The quantitative estimate of drug-likeness (QED) is 0.720. The zero-order chi connectivity index (χ0) is 14.3. The highest BCUT2D eigenvalue weighted by Gasteiger charge is 2.16. The molecule has 19 heavy (non-hydrogen) atoms. The predicted molar refractivity (Wildman–Crippen MR) is 82.9 cm³/mol. The molecule has 0 spiro atoms. The van der Waals surface area contributed by atoms with Crippen LogP contribution in [-0.4, -0.2) is 20.2 Å². The van der Waals surface area contributed by atoms with Crippen molar-refractivity contribution >= 4 is 0 Å². The average molecular weight is 263 g/mol. The predicted octanol–water partition coefficient (Wildman–Crippen LogP) is 3.82. The van der Waals surface area contributed by atoms with Gasteiger partial charge in [-0.25, -0.2) is 0 Å². The number of aryl methyl sites for hydroxylation is 1. The van der Waals surface area contributed by atoms with Gasteiger partial charge in [-0.2, -0.15) is 0 Å². The van der Waals surface area contributed by atoms with Gasteiger partial charge in [0.15, 0.2) is 0 Å². The molecule has 0 bridgehead atoms. The summed E-state index contributed by atoms with van der Waals surface area (Å²) >= 11 is 0. The third-order valence-electron chi connectivity index (χ3n) is 3.69. The first-order chi connectivity index (χ1) is 9.08. The SMILES string of the molecule is CCCNCC(Cc1cc(C)ccc1OC)C(C)C. The summed E-state index contributed by atoms with van der Waals surface area (Å²) in [7, 11) is 1.76. The number of nitrogens with one attached hydrogen (secondary N) is 1. The molecule has 0 aliphatic heterocycles. The fourth-order valence-electron chi connectivity index (χ4n) is 2.36. The molecule has 1 aromatic carbocycles. The molecule has 0 saturated carbocycles. The van der Waals surface area contributed by atoms with E-state index in [4.69, 9.17) is 4.74 Å². The molecular weight excluding hydrogens is 234 g/mol. The summed E-state index contributed by atoms with van der Waals surface area (Å²) in [5.74, 6) is 2.35. The van der Waals surface area contributed by atoms with Crippen LogP contribution in [0.5, 0.6) is 5.75 Å². The van der Waals surface area contributed by atoms with E-state index in [1.807, 2.05) is 0 Å². The van der Waals surface area contributed by atoms with Gasteiger partial charge in [0.1, 0.15) is 5.75 Å². The van der Waals surface area contributed by atoms with Crippen molar-refractivity contribution in [3.63, 3.8) is 0 Å². The Kier molecular flexibility index (Phi) is 6.93. The van der Waals surface area contributed by atoms with Gasteiger partial charge in [0.05, 0.1) is 7.11 Å². The molecule has 1 rings (SSSR count). The van der Waals surface area contributed by atoms with E-state index in [0.29, 0.717) is 11.8 Å². The first kappa shape index (κ1) is 16.0. The molecular formula is C17H29NO. The molecule has 0 aliphatic carbocycles. The molecule has 0 fully saturated rings. The van der Waals surface area contributed by atoms with E-state index in [2.05, 4.69) is 51.2 Å². The monoisotopic (exact) mass is 263 g/mol. The van der Waals surface area contributed by atoms with Crippen LogP contribution in [0.3, 0.4) is 0 Å². The highest BCUT2D eigenvalue weighted by molar-refractivity contribution is 5.37. The van der Waals surface area contributed by atoms with Crippen molar-refractivity contribution in [1.82, 2.24) is 5.32 Å². The van der Waals surface area contributed by atoms with Crippen LogP contribution in [0.2, 0.25) is 0 Å². The highest BCUT2D eigenvalue weighted by Crippen LogP contribution is 2.25. The van der Waals surface area contributed by atoms with Crippen LogP contribution >= 0.6 is 0 Å². The Morgan fingerprint density at radius 1 is 1.26 bits per heavy atom. The van der Waals surface area contributed by atoms with E-state index in [1.54, 1.807) is 7.11 Å². The maximum atomic E-state index is 5.49. The van der Waals surface area contributed by atoms with Crippen LogP contribution in [-0.2, 0) is 6.42 Å². The summed E-state index contributed by atoms with van der Waals surface area (Å²) in [6.45, 7) is 11.2. The molecule has 1 atom stereocenters. The standard InChI is InChI=1S/C17H29NO/c1-6-9-18-12-16(13(2)3)11-15-10-14(4)7-8-17(15)19-5/h7-8,10,13,16,18H,6,9,11-12H2,1-5H3. The molecule has 1 unspecified atom stereocenters. The Morgan fingerprint density at radius 2 is 2.00 bits per heavy atom. The number of ether oxygens (including phenoxy) is 1. The molecule has 0 aromatic heterocycles. The van der Waals surface area contributed by atoms with E-state index in [-0.39, 0.29) is 0 Å². The molecule has 0 heterocycles. The van der Waals surface area contributed by atoms with E-state index in [9.17, 15) is 0 Å². The van der Waals surface area contributed by atoms with Crippen molar-refractivity contribution in [3.8, 4) is 5.75 Å². The smallest absolute Gasteiger partial charge is 0.122 e. The number of methoxy groups -OCH3 is 1. The zero-order valence-electron chi connectivity index (χ0n) is 13.1. The van der Waals surface area contributed by atoms with Gasteiger partial charge in [0, 0.05) is 0 Å². The lowest BCUT2D eigenvalue weighted by Crippen LogP contribution is -2.28. The molecule has 0 aliphatic rings. The van der Waals surface area contributed by atoms with Crippen molar-refractivity contribution in [2.24, 2.45) is 11.8 Å². The van der Waals surface area contributed by atoms with Gasteiger partial charge in [-0.05, 0) is 56.3 Å². The molecule has 0 radical (unpaired) electrons. The van der Waals surface area contributed by atoms with Crippen molar-refractivity contribution in [2.75, 3.05) is 20.2 Å². The van der Waals surface area contributed by atoms with Gasteiger partial charge in [0.2, 0.25) is 0 Å². The molecule has 108 valence electrons. The lowest BCUT2D eigenvalue weighted by molar-refractivity contribution is 0.351. The molecule has 0 saturated heterocycles. The Labute approximate surface area is 118 Å². The van der Waals surface area contributed by atoms with Crippen LogP contribution in [0.15, 0.2) is 18.2 Å². The fraction of sp³-hybridized carbons (Fsp3) is 0.647. The minimum Gasteiger partial charge on any atom is -0.496 e. The minimum atomic E-state index is 0.655. The minimum absolute atomic E-state index is 0.655. The number of benzene rings is 1. The number of hydrogen-bond acceptors (Lipinski definition) is 2. The van der Waals surface area contributed by atoms with E-state index in [0.717, 1.165) is 25.3 Å². The lowest BCUT2D eigenvalue weighted by Gasteiger charge is -2.22. The summed E-state index contributed by atoms with van der Waals surface area (Å²) in [6, 6.07) is 6.46. The molecule has 0 amide bonds. The van der Waals surface area contributed by atoms with Crippen LogP contribution in [0.1, 0.15) is 38.3 Å². The van der Waals surface area contributed by atoms with Gasteiger partial charge < -0.3 is 10.1 Å². The van der Waals surface area contributed by atoms with Gasteiger partial charge >= 0.3 is 0 Å². The highest BCUT2D eigenvalue weighted by atomic mass is 16.5. The van der Waals surface area contributed by atoms with E-state index in [1.165, 1.54) is 17.5 Å². The van der Waals surface area contributed by atoms with Crippen LogP contribution in [0.25, 0.3) is 0 Å². The summed E-state index contributed by atoms with van der Waals surface area (Å²) in [4.78, 5) is 0. The second-order valence-corrected chi connectivity index (χ2v) is 5.73. The van der Waals surface area contributed by atoms with Crippen LogP contribution in [0.4, 0.5) is 0 Å². The van der Waals surface area contributed by atoms with E-state index < -0.39 is 0 Å². The summed E-state index contributed by atoms with van der Waals surface area (Å²) in [5, 5.41) is 3.55. The fourth-order valence-corrected chi connectivity index (χ4v) is 2.36. The molecule has 1 aromatic rings. The van der Waals surface area contributed by atoms with Crippen LogP contribution in [0, 0.1) is 18.8 Å². The van der Waals surface area contributed by atoms with Crippen molar-refractivity contribution in [2.45, 2.75) is 40.5 Å². The maximum Gasteiger partial charge on any atom is 0.122 e. The van der Waals surface area contributed by atoms with Crippen molar-refractivity contribution in [3.05, 3.63) is 29.3 Å². The lowest BCUT2D eigenvalue weighted by atomic mass is 9.88. The van der Waals surface area contributed by atoms with Crippen molar-refractivity contribution < 1.29 is 4.74 Å². The summed E-state index contributed by atoms with van der Waals surface area (Å²) in [5.41, 5.74) is 2.64. The second kappa shape index (κ2) is 8.21. The van der Waals surface area contributed by atoms with Crippen LogP contribution < -0.4 is 10.1 Å². The van der Waals surface area contributed by atoms with Gasteiger partial charge in [-0.15, -0.1) is 0 Å². The van der Waals surface area contributed by atoms with Crippen molar-refractivity contribution in [1.29, 1.82) is 0 Å². The summed E-state index contributed by atoms with van der Waals surface area (Å²) < 4.78 is 5.49. The summed E-state index contributed by atoms with van der Waals surface area (Å²) in [6.07, 6.45) is 2.28. The first-order valence-corrected chi connectivity index (χ1v) is 7.42. The molecule has 1 N–H and O–H groups in total. The molecule has 2 nitrogen and oxygen atoms in total. The van der Waals surface area contributed by atoms with Gasteiger partial charge in [-0.3, -0.25) is 0 Å². The third-order valence-corrected chi connectivity index (χ3v) is 3.69. The number of rotatable bonds is 8. The topological polar surface area (TPSA) is 21.3 Å². The van der Waals surface area contributed by atoms with Gasteiger partial charge in [0.25, 0.3) is 0 Å². The largest absolute Gasteiger partial charge is 0.496 e. The third kappa shape index (κ3) is 5.23. The normalized spacial score (nSPS) is 12.7. The second-order valence-electron chi connectivity index (χ2n) is 5.73. The zero-order valence-corrected chi connectivity index (χ0v) is 13.1. The first-order valence-electron chi connectivity index (χ1n) is 7.42. The Bertz CT molecular complexity index is 374. The van der Waals surface area contributed by atoms with E-state index >= 15 is 0 Å². The van der Waals surface area contributed by atoms with Gasteiger partial charge in [-0.1, -0.05) is 38.5 Å². The maximum absolute atomic E-state index is 5.49. The molecule has 2 heteroatoms. The number of hydrogen-bond donors (Lipinski definition) is 1. The average Bonchev–Trinajstić information content (AvgIpc) is 2.38. The Hall–Kier alpha value is -1.02.